The first-order chi connectivity index (χ1) is 7.15. The SMILES string of the molecule is CCC(O)CCNC(=O)c1nonc1N. The highest BCUT2D eigenvalue weighted by Crippen LogP contribution is 2.03. The first-order valence-corrected chi connectivity index (χ1v) is 4.69. The van der Waals surface area contributed by atoms with Crippen molar-refractivity contribution in [3.8, 4) is 0 Å². The molecule has 1 unspecified atom stereocenters. The van der Waals surface area contributed by atoms with Crippen molar-refractivity contribution >= 4 is 11.7 Å². The third-order valence-corrected chi connectivity index (χ3v) is 1.96. The van der Waals surface area contributed by atoms with Gasteiger partial charge in [0.05, 0.1) is 6.10 Å². The fraction of sp³-hybridized carbons (Fsp3) is 0.625. The van der Waals surface area contributed by atoms with Gasteiger partial charge in [0, 0.05) is 6.54 Å². The third kappa shape index (κ3) is 3.21. The minimum Gasteiger partial charge on any atom is -0.393 e. The van der Waals surface area contributed by atoms with E-state index in [4.69, 9.17) is 5.73 Å². The lowest BCUT2D eigenvalue weighted by atomic mass is 10.2. The predicted molar refractivity (Wildman–Crippen MR) is 52.0 cm³/mol. The van der Waals surface area contributed by atoms with Crippen molar-refractivity contribution < 1.29 is 14.5 Å². The summed E-state index contributed by atoms with van der Waals surface area (Å²) in [7, 11) is 0. The molecule has 1 heterocycles. The molecule has 0 saturated carbocycles. The maximum atomic E-state index is 11.4. The number of amides is 1. The number of rotatable bonds is 5. The van der Waals surface area contributed by atoms with Gasteiger partial charge in [0.15, 0.2) is 0 Å². The van der Waals surface area contributed by atoms with Gasteiger partial charge >= 0.3 is 0 Å². The number of aliphatic hydroxyl groups is 1. The first kappa shape index (κ1) is 11.4. The fourth-order valence-electron chi connectivity index (χ4n) is 0.993. The number of hydrogen-bond acceptors (Lipinski definition) is 6. The van der Waals surface area contributed by atoms with Gasteiger partial charge in [-0.3, -0.25) is 4.79 Å². The summed E-state index contributed by atoms with van der Waals surface area (Å²) in [5, 5.41) is 18.4. The Bertz CT molecular complexity index is 325. The Balaban J connectivity index is 2.34. The van der Waals surface area contributed by atoms with Crippen LogP contribution in [0.3, 0.4) is 0 Å². The fourth-order valence-corrected chi connectivity index (χ4v) is 0.993. The Labute approximate surface area is 86.6 Å². The molecule has 0 aliphatic carbocycles. The molecular formula is C8H14N4O3. The Morgan fingerprint density at radius 2 is 2.40 bits per heavy atom. The number of nitrogen functional groups attached to an aromatic ring is 1. The summed E-state index contributed by atoms with van der Waals surface area (Å²) in [4.78, 5) is 11.4. The number of nitrogens with one attached hydrogen (secondary N) is 1. The topological polar surface area (TPSA) is 114 Å². The van der Waals surface area contributed by atoms with E-state index in [-0.39, 0.29) is 11.5 Å². The Hall–Kier alpha value is -1.63. The number of nitrogens with zero attached hydrogens (tertiary/aromatic N) is 2. The highest BCUT2D eigenvalue weighted by Gasteiger charge is 2.15. The smallest absolute Gasteiger partial charge is 0.277 e. The van der Waals surface area contributed by atoms with Crippen LogP contribution in [0.1, 0.15) is 30.3 Å². The van der Waals surface area contributed by atoms with Gasteiger partial charge in [-0.15, -0.1) is 0 Å². The molecule has 0 radical (unpaired) electrons. The number of carbonyl (C=O) groups is 1. The summed E-state index contributed by atoms with van der Waals surface area (Å²) in [6.45, 7) is 2.23. The summed E-state index contributed by atoms with van der Waals surface area (Å²) < 4.78 is 4.28. The molecule has 1 rings (SSSR count). The molecule has 0 aromatic carbocycles. The van der Waals surface area contributed by atoms with Gasteiger partial charge < -0.3 is 16.2 Å². The van der Waals surface area contributed by atoms with Crippen LogP contribution >= 0.6 is 0 Å². The van der Waals surface area contributed by atoms with Crippen LogP contribution in [0.4, 0.5) is 5.82 Å². The van der Waals surface area contributed by atoms with E-state index in [9.17, 15) is 9.90 Å². The summed E-state index contributed by atoms with van der Waals surface area (Å²) in [5.74, 6) is -0.486. The number of aliphatic hydroxyl groups excluding tert-OH is 1. The van der Waals surface area contributed by atoms with Crippen molar-refractivity contribution in [2.45, 2.75) is 25.9 Å². The Kier molecular flexibility index (Phi) is 4.04. The van der Waals surface area contributed by atoms with E-state index in [0.717, 1.165) is 0 Å². The number of hydrogen-bond donors (Lipinski definition) is 3. The van der Waals surface area contributed by atoms with Crippen LogP contribution in [-0.4, -0.2) is 34.0 Å². The van der Waals surface area contributed by atoms with Gasteiger partial charge in [0.1, 0.15) is 0 Å². The van der Waals surface area contributed by atoms with E-state index in [0.29, 0.717) is 19.4 Å². The molecule has 0 aliphatic rings. The van der Waals surface area contributed by atoms with Gasteiger partial charge in [0.25, 0.3) is 5.91 Å². The number of nitrogens with two attached hydrogens (primary N) is 1. The van der Waals surface area contributed by atoms with E-state index in [1.807, 2.05) is 6.92 Å². The van der Waals surface area contributed by atoms with E-state index >= 15 is 0 Å². The molecule has 15 heavy (non-hydrogen) atoms. The normalized spacial score (nSPS) is 12.4. The van der Waals surface area contributed by atoms with E-state index in [1.165, 1.54) is 0 Å². The molecule has 0 spiro atoms. The van der Waals surface area contributed by atoms with Gasteiger partial charge in [0.2, 0.25) is 11.5 Å². The van der Waals surface area contributed by atoms with Crippen LogP contribution in [0, 0.1) is 0 Å². The zero-order valence-corrected chi connectivity index (χ0v) is 8.43. The molecule has 0 fully saturated rings. The third-order valence-electron chi connectivity index (χ3n) is 1.96. The van der Waals surface area contributed by atoms with E-state index in [1.54, 1.807) is 0 Å². The molecule has 0 bridgehead atoms. The minimum absolute atomic E-state index is 0.0269. The molecular weight excluding hydrogens is 200 g/mol. The van der Waals surface area contributed by atoms with Crippen molar-refractivity contribution in [2.24, 2.45) is 0 Å². The van der Waals surface area contributed by atoms with Crippen molar-refractivity contribution in [2.75, 3.05) is 12.3 Å². The van der Waals surface area contributed by atoms with Crippen LogP contribution in [-0.2, 0) is 0 Å². The van der Waals surface area contributed by atoms with Gasteiger partial charge in [-0.1, -0.05) is 6.92 Å². The molecule has 0 saturated heterocycles. The second kappa shape index (κ2) is 5.30. The van der Waals surface area contributed by atoms with Gasteiger partial charge in [-0.2, -0.15) is 0 Å². The standard InChI is InChI=1S/C8H14N4O3/c1-2-5(13)3-4-10-8(14)6-7(9)12-15-11-6/h5,13H,2-4H2,1H3,(H2,9,12)(H,10,14). The van der Waals surface area contributed by atoms with Crippen molar-refractivity contribution in [3.63, 3.8) is 0 Å². The predicted octanol–water partition coefficient (Wildman–Crippen LogP) is -0.457. The zero-order chi connectivity index (χ0) is 11.3. The molecule has 84 valence electrons. The summed E-state index contributed by atoms with van der Waals surface area (Å²) in [5.41, 5.74) is 5.29. The Morgan fingerprint density at radius 1 is 1.67 bits per heavy atom. The van der Waals surface area contributed by atoms with Crippen molar-refractivity contribution in [1.82, 2.24) is 15.6 Å². The average Bonchev–Trinajstić information content (AvgIpc) is 2.64. The van der Waals surface area contributed by atoms with Crippen LogP contribution in [0.25, 0.3) is 0 Å². The maximum absolute atomic E-state index is 11.4. The minimum atomic E-state index is -0.447. The molecule has 0 aliphatic heterocycles. The lowest BCUT2D eigenvalue weighted by Crippen LogP contribution is -2.27. The lowest BCUT2D eigenvalue weighted by molar-refractivity contribution is 0.0933. The summed E-state index contributed by atoms with van der Waals surface area (Å²) >= 11 is 0. The van der Waals surface area contributed by atoms with E-state index in [2.05, 4.69) is 20.3 Å². The Morgan fingerprint density at radius 3 is 2.93 bits per heavy atom. The van der Waals surface area contributed by atoms with Crippen molar-refractivity contribution in [3.05, 3.63) is 5.69 Å². The summed E-state index contributed by atoms with van der Waals surface area (Å²) in [6, 6.07) is 0. The van der Waals surface area contributed by atoms with Crippen molar-refractivity contribution in [1.29, 1.82) is 0 Å². The molecule has 7 heteroatoms. The quantitative estimate of drug-likeness (QED) is 0.611. The number of carbonyl (C=O) groups excluding carboxylic acids is 1. The maximum Gasteiger partial charge on any atom is 0.277 e. The average molecular weight is 214 g/mol. The van der Waals surface area contributed by atoms with Crippen LogP contribution in [0.5, 0.6) is 0 Å². The van der Waals surface area contributed by atoms with Crippen LogP contribution < -0.4 is 11.1 Å². The molecule has 1 atom stereocenters. The largest absolute Gasteiger partial charge is 0.393 e. The number of aromatic nitrogens is 2. The highest BCUT2D eigenvalue weighted by molar-refractivity contribution is 5.95. The molecule has 4 N–H and O–H groups in total. The van der Waals surface area contributed by atoms with Gasteiger partial charge in [-0.05, 0) is 23.2 Å². The van der Waals surface area contributed by atoms with Crippen LogP contribution in [0.15, 0.2) is 4.63 Å². The molecule has 1 amide bonds. The first-order valence-electron chi connectivity index (χ1n) is 4.69. The zero-order valence-electron chi connectivity index (χ0n) is 8.43. The molecule has 7 nitrogen and oxygen atoms in total. The number of anilines is 1. The van der Waals surface area contributed by atoms with E-state index < -0.39 is 12.0 Å². The highest BCUT2D eigenvalue weighted by atomic mass is 16.6. The molecule has 1 aromatic heterocycles. The van der Waals surface area contributed by atoms with Crippen LogP contribution in [0.2, 0.25) is 0 Å². The summed E-state index contributed by atoms with van der Waals surface area (Å²) in [6.07, 6.45) is 0.745. The lowest BCUT2D eigenvalue weighted by Gasteiger charge is -2.07. The molecule has 1 aromatic rings. The second-order valence-electron chi connectivity index (χ2n) is 3.10. The second-order valence-corrected chi connectivity index (χ2v) is 3.10. The van der Waals surface area contributed by atoms with Gasteiger partial charge in [-0.25, -0.2) is 4.63 Å². The monoisotopic (exact) mass is 214 g/mol.